The zero-order valence-corrected chi connectivity index (χ0v) is 13.8. The van der Waals surface area contributed by atoms with Crippen LogP contribution in [-0.2, 0) is 6.54 Å². The molecular weight excluding hydrogens is 372 g/mol. The second-order valence-corrected chi connectivity index (χ2v) is 6.65. The maximum atomic E-state index is 4.70. The minimum absolute atomic E-state index is 0.593. The zero-order chi connectivity index (χ0) is 13.2. The molecule has 2 aromatic rings. The number of hydrogen-bond acceptors (Lipinski definition) is 2. The molecule has 102 valence electrons. The van der Waals surface area contributed by atoms with Crippen LogP contribution in [0.4, 0.5) is 0 Å². The lowest BCUT2D eigenvalue weighted by Gasteiger charge is -2.21. The van der Waals surface area contributed by atoms with Crippen molar-refractivity contribution in [1.82, 2.24) is 19.6 Å². The quantitative estimate of drug-likeness (QED) is 0.792. The molecule has 6 heteroatoms. The summed E-state index contributed by atoms with van der Waals surface area (Å²) in [4.78, 5) is 0. The highest BCUT2D eigenvalue weighted by Gasteiger charge is 2.16. The van der Waals surface area contributed by atoms with Crippen LogP contribution in [0.1, 0.15) is 43.8 Å². The van der Waals surface area contributed by atoms with Gasteiger partial charge in [0.05, 0.1) is 18.3 Å². The molecular formula is C13H16Br2N4. The van der Waals surface area contributed by atoms with Gasteiger partial charge < -0.3 is 0 Å². The van der Waals surface area contributed by atoms with Crippen LogP contribution in [0.25, 0.3) is 0 Å². The molecule has 3 rings (SSSR count). The topological polar surface area (TPSA) is 35.6 Å². The standard InChI is InChI=1S/C13H16Br2N4/c14-12-8-13(15)19(17-12)9-10-6-7-18(16-10)11-4-2-1-3-5-11/h6-8,11H,1-5,9H2. The number of nitrogens with zero attached hydrogens (tertiary/aromatic N) is 4. The third-order valence-electron chi connectivity index (χ3n) is 3.63. The molecule has 0 N–H and O–H groups in total. The Morgan fingerprint density at radius 3 is 2.63 bits per heavy atom. The molecule has 4 nitrogen and oxygen atoms in total. The first-order valence-electron chi connectivity index (χ1n) is 6.65. The van der Waals surface area contributed by atoms with Gasteiger partial charge in [-0.3, -0.25) is 9.36 Å². The van der Waals surface area contributed by atoms with E-state index in [2.05, 4.69) is 53.9 Å². The Labute approximate surface area is 129 Å². The fraction of sp³-hybridized carbons (Fsp3) is 0.538. The monoisotopic (exact) mass is 386 g/mol. The third kappa shape index (κ3) is 3.11. The smallest absolute Gasteiger partial charge is 0.129 e. The summed E-state index contributed by atoms with van der Waals surface area (Å²) in [7, 11) is 0. The second kappa shape index (κ2) is 5.79. The maximum Gasteiger partial charge on any atom is 0.129 e. The van der Waals surface area contributed by atoms with Gasteiger partial charge in [0.2, 0.25) is 0 Å². The average molecular weight is 388 g/mol. The van der Waals surface area contributed by atoms with E-state index in [4.69, 9.17) is 5.10 Å². The first kappa shape index (κ1) is 13.4. The minimum Gasteiger partial charge on any atom is -0.269 e. The van der Waals surface area contributed by atoms with E-state index in [0.29, 0.717) is 12.6 Å². The molecule has 0 saturated heterocycles. The summed E-state index contributed by atoms with van der Waals surface area (Å²) in [5.41, 5.74) is 1.06. The Morgan fingerprint density at radius 1 is 1.16 bits per heavy atom. The van der Waals surface area contributed by atoms with Gasteiger partial charge in [-0.15, -0.1) is 0 Å². The van der Waals surface area contributed by atoms with Crippen molar-refractivity contribution in [1.29, 1.82) is 0 Å². The van der Waals surface area contributed by atoms with Crippen LogP contribution in [0.5, 0.6) is 0 Å². The van der Waals surface area contributed by atoms with Crippen molar-refractivity contribution in [3.05, 3.63) is 33.2 Å². The highest BCUT2D eigenvalue weighted by atomic mass is 79.9. The van der Waals surface area contributed by atoms with Crippen molar-refractivity contribution in [2.75, 3.05) is 0 Å². The van der Waals surface area contributed by atoms with E-state index < -0.39 is 0 Å². The highest BCUT2D eigenvalue weighted by Crippen LogP contribution is 2.27. The van der Waals surface area contributed by atoms with Gasteiger partial charge in [0, 0.05) is 12.3 Å². The lowest BCUT2D eigenvalue weighted by molar-refractivity contribution is 0.327. The number of halogens is 2. The molecule has 1 saturated carbocycles. The van der Waals surface area contributed by atoms with Crippen molar-refractivity contribution in [3.63, 3.8) is 0 Å². The van der Waals surface area contributed by atoms with E-state index in [0.717, 1.165) is 14.9 Å². The van der Waals surface area contributed by atoms with Crippen molar-refractivity contribution in [2.45, 2.75) is 44.7 Å². The fourth-order valence-electron chi connectivity index (χ4n) is 2.64. The Kier molecular flexibility index (Phi) is 4.07. The van der Waals surface area contributed by atoms with Crippen LogP contribution in [0.3, 0.4) is 0 Å². The van der Waals surface area contributed by atoms with Crippen LogP contribution in [-0.4, -0.2) is 19.6 Å². The summed E-state index contributed by atoms with van der Waals surface area (Å²) in [6.45, 7) is 0.700. The molecule has 2 heterocycles. The molecule has 0 aromatic carbocycles. The summed E-state index contributed by atoms with van der Waals surface area (Å²) in [6.07, 6.45) is 8.67. The molecule has 0 radical (unpaired) electrons. The van der Waals surface area contributed by atoms with Crippen molar-refractivity contribution < 1.29 is 0 Å². The number of hydrogen-bond donors (Lipinski definition) is 0. The van der Waals surface area contributed by atoms with Gasteiger partial charge in [0.25, 0.3) is 0 Å². The van der Waals surface area contributed by atoms with E-state index in [-0.39, 0.29) is 0 Å². The SMILES string of the molecule is Brc1cc(Br)n(Cc2ccn(C3CCCCC3)n2)n1. The molecule has 1 aliphatic rings. The summed E-state index contributed by atoms with van der Waals surface area (Å²) in [6, 6.07) is 4.63. The molecule has 0 amide bonds. The first-order valence-corrected chi connectivity index (χ1v) is 8.24. The van der Waals surface area contributed by atoms with Gasteiger partial charge in [-0.05, 0) is 50.8 Å². The van der Waals surface area contributed by atoms with Gasteiger partial charge in [-0.2, -0.15) is 10.2 Å². The largest absolute Gasteiger partial charge is 0.269 e. The van der Waals surface area contributed by atoms with Crippen molar-refractivity contribution >= 4 is 31.9 Å². The zero-order valence-electron chi connectivity index (χ0n) is 10.6. The molecule has 0 bridgehead atoms. The Morgan fingerprint density at radius 2 is 1.95 bits per heavy atom. The predicted octanol–water partition coefficient (Wildman–Crippen LogP) is 4.16. The maximum absolute atomic E-state index is 4.70. The van der Waals surface area contributed by atoms with Gasteiger partial charge in [0.15, 0.2) is 0 Å². The molecule has 1 fully saturated rings. The molecule has 0 unspecified atom stereocenters. The van der Waals surface area contributed by atoms with Gasteiger partial charge in [0.1, 0.15) is 9.21 Å². The van der Waals surface area contributed by atoms with E-state index in [1.807, 2.05) is 10.7 Å². The lowest BCUT2D eigenvalue weighted by atomic mass is 9.96. The van der Waals surface area contributed by atoms with Crippen molar-refractivity contribution in [3.8, 4) is 0 Å². The van der Waals surface area contributed by atoms with E-state index in [1.165, 1.54) is 32.1 Å². The molecule has 0 aliphatic heterocycles. The Bertz CT molecular complexity index is 555. The first-order chi connectivity index (χ1) is 9.22. The van der Waals surface area contributed by atoms with Crippen LogP contribution >= 0.6 is 31.9 Å². The van der Waals surface area contributed by atoms with Crippen LogP contribution < -0.4 is 0 Å². The summed E-state index contributed by atoms with van der Waals surface area (Å²) in [5.74, 6) is 0. The van der Waals surface area contributed by atoms with E-state index in [9.17, 15) is 0 Å². The van der Waals surface area contributed by atoms with Crippen LogP contribution in [0.2, 0.25) is 0 Å². The van der Waals surface area contributed by atoms with E-state index in [1.54, 1.807) is 0 Å². The van der Waals surface area contributed by atoms with E-state index >= 15 is 0 Å². The Hall–Kier alpha value is -0.620. The molecule has 19 heavy (non-hydrogen) atoms. The summed E-state index contributed by atoms with van der Waals surface area (Å²) < 4.78 is 5.84. The highest BCUT2D eigenvalue weighted by molar-refractivity contribution is 9.11. The molecule has 1 aliphatic carbocycles. The fourth-order valence-corrected chi connectivity index (χ4v) is 3.78. The normalized spacial score (nSPS) is 16.9. The van der Waals surface area contributed by atoms with Gasteiger partial charge in [-0.1, -0.05) is 19.3 Å². The van der Waals surface area contributed by atoms with Crippen LogP contribution in [0, 0.1) is 0 Å². The summed E-state index contributed by atoms with van der Waals surface area (Å²) >= 11 is 6.87. The summed E-state index contributed by atoms with van der Waals surface area (Å²) in [5, 5.41) is 9.06. The predicted molar refractivity (Wildman–Crippen MR) is 81.1 cm³/mol. The molecule has 0 spiro atoms. The molecule has 2 aromatic heterocycles. The van der Waals surface area contributed by atoms with Crippen LogP contribution in [0.15, 0.2) is 27.5 Å². The Balaban J connectivity index is 1.72. The lowest BCUT2D eigenvalue weighted by Crippen LogP contribution is -2.14. The number of rotatable bonds is 3. The average Bonchev–Trinajstić information content (AvgIpc) is 2.99. The van der Waals surface area contributed by atoms with Gasteiger partial charge >= 0.3 is 0 Å². The minimum atomic E-state index is 0.593. The van der Waals surface area contributed by atoms with Gasteiger partial charge in [-0.25, -0.2) is 0 Å². The van der Waals surface area contributed by atoms with Crippen molar-refractivity contribution in [2.24, 2.45) is 0 Å². The number of aromatic nitrogens is 4. The molecule has 0 atom stereocenters. The third-order valence-corrected chi connectivity index (χ3v) is 4.65. The second-order valence-electron chi connectivity index (χ2n) is 5.03.